The van der Waals surface area contributed by atoms with Crippen LogP contribution in [-0.2, 0) is 14.7 Å². The van der Waals surface area contributed by atoms with Gasteiger partial charge in [0.15, 0.2) is 0 Å². The van der Waals surface area contributed by atoms with Gasteiger partial charge in [-0.25, -0.2) is 0 Å². The van der Waals surface area contributed by atoms with Crippen LogP contribution in [0.4, 0.5) is 0 Å². The van der Waals surface area contributed by atoms with Crippen molar-refractivity contribution in [3.63, 3.8) is 0 Å². The van der Waals surface area contributed by atoms with Crippen LogP contribution in [0.15, 0.2) is 22.6 Å². The van der Waals surface area contributed by atoms with E-state index < -0.39 is 18.3 Å². The zero-order valence-electron chi connectivity index (χ0n) is 16.3. The van der Waals surface area contributed by atoms with Crippen molar-refractivity contribution < 1.29 is 13.4 Å². The highest BCUT2D eigenvalue weighted by Crippen LogP contribution is 2.37. The second kappa shape index (κ2) is 4.86. The van der Waals surface area contributed by atoms with Crippen LogP contribution in [0.25, 0.3) is 0 Å². The maximum atomic E-state index is 8.58. The largest absolute Gasteiger partial charge is 0.494 e. The topological polar surface area (TPSA) is 18.5 Å². The molecule has 0 N–H and O–H groups in total. The maximum Gasteiger partial charge on any atom is 0.494 e. The molecule has 1 aromatic carbocycles. The first-order chi connectivity index (χ1) is 10.2. The van der Waals surface area contributed by atoms with Crippen LogP contribution in [0.1, 0.15) is 58.1 Å². The van der Waals surface area contributed by atoms with E-state index in [1.165, 1.54) is 0 Å². The highest BCUT2D eigenvalue weighted by Gasteiger charge is 2.51. The van der Waals surface area contributed by atoms with Crippen LogP contribution in [0.2, 0.25) is 0 Å². The molecule has 20 heavy (non-hydrogen) atoms. The smallest absolute Gasteiger partial charge is 0.399 e. The number of hydrogen-bond donors (Lipinski definition) is 0. The molecule has 1 aromatic rings. The minimum absolute atomic E-state index is 0.0894. The summed E-state index contributed by atoms with van der Waals surface area (Å²) in [6, 6.07) is 0.438. The summed E-state index contributed by atoms with van der Waals surface area (Å²) in [5.74, 6) is 0. The van der Waals surface area contributed by atoms with Crippen molar-refractivity contribution in [2.75, 3.05) is 0 Å². The Morgan fingerprint density at radius 2 is 1.55 bits per heavy atom. The first-order valence-corrected chi connectivity index (χ1v) is 7.65. The SMILES string of the molecule is [2H]c1c(Br)c([2H])c(C(C)(C)C)c([2H])c1B1OC(C)(C)C(C)(C)O1. The predicted molar refractivity (Wildman–Crippen MR) is 88.6 cm³/mol. The van der Waals surface area contributed by atoms with Crippen molar-refractivity contribution in [2.24, 2.45) is 0 Å². The van der Waals surface area contributed by atoms with E-state index in [9.17, 15) is 0 Å². The third-order valence-electron chi connectivity index (χ3n) is 3.98. The normalized spacial score (nSPS) is 23.4. The lowest BCUT2D eigenvalue weighted by Gasteiger charge is -2.32. The molecular formula is C16H24BBrO2. The van der Waals surface area contributed by atoms with Crippen LogP contribution in [0.5, 0.6) is 0 Å². The first kappa shape index (κ1) is 12.3. The summed E-state index contributed by atoms with van der Waals surface area (Å²) < 4.78 is 37.7. The van der Waals surface area contributed by atoms with Gasteiger partial charge in [0.05, 0.1) is 15.3 Å². The van der Waals surface area contributed by atoms with E-state index in [0.29, 0.717) is 15.5 Å². The summed E-state index contributed by atoms with van der Waals surface area (Å²) in [6.45, 7) is 13.7. The Balaban J connectivity index is 2.68. The molecule has 0 saturated carbocycles. The summed E-state index contributed by atoms with van der Waals surface area (Å²) >= 11 is 3.34. The molecule has 1 fully saturated rings. The molecule has 0 unspecified atom stereocenters. The van der Waals surface area contributed by atoms with Gasteiger partial charge < -0.3 is 9.31 Å². The van der Waals surface area contributed by atoms with Gasteiger partial charge in [-0.1, -0.05) is 42.7 Å². The second-order valence-corrected chi connectivity index (χ2v) is 8.11. The summed E-state index contributed by atoms with van der Waals surface area (Å²) in [5, 5.41) is 0. The number of halogens is 1. The van der Waals surface area contributed by atoms with Gasteiger partial charge in [0.2, 0.25) is 0 Å². The van der Waals surface area contributed by atoms with E-state index in [4.69, 9.17) is 13.4 Å². The van der Waals surface area contributed by atoms with Crippen molar-refractivity contribution in [1.82, 2.24) is 0 Å². The van der Waals surface area contributed by atoms with Crippen LogP contribution >= 0.6 is 15.9 Å². The average Bonchev–Trinajstić information content (AvgIpc) is 2.53. The monoisotopic (exact) mass is 341 g/mol. The molecule has 2 nitrogen and oxygen atoms in total. The van der Waals surface area contributed by atoms with Gasteiger partial charge in [-0.2, -0.15) is 0 Å². The molecule has 1 heterocycles. The van der Waals surface area contributed by atoms with Crippen LogP contribution < -0.4 is 5.46 Å². The van der Waals surface area contributed by atoms with E-state index in [1.54, 1.807) is 0 Å². The minimum atomic E-state index is -0.780. The molecule has 1 saturated heterocycles. The van der Waals surface area contributed by atoms with Crippen LogP contribution in [0, 0.1) is 0 Å². The van der Waals surface area contributed by atoms with Gasteiger partial charge in [0, 0.05) is 4.47 Å². The van der Waals surface area contributed by atoms with Gasteiger partial charge in [0.25, 0.3) is 0 Å². The summed E-state index contributed by atoms with van der Waals surface area (Å²) in [4.78, 5) is 0. The number of hydrogen-bond acceptors (Lipinski definition) is 2. The standard InChI is InChI=1S/C16H24BBrO2/c1-14(2,3)11-8-12(10-13(18)9-11)17-19-15(4,5)16(6,7)20-17/h8-10H,1-7H3/i8D,9D,10D. The fourth-order valence-electron chi connectivity index (χ4n) is 1.91. The predicted octanol–water partition coefficient (Wildman–Crippen LogP) is 4.05. The Morgan fingerprint density at radius 1 is 1.05 bits per heavy atom. The van der Waals surface area contributed by atoms with E-state index in [0.717, 1.165) is 0 Å². The lowest BCUT2D eigenvalue weighted by molar-refractivity contribution is 0.00578. The second-order valence-electron chi connectivity index (χ2n) is 7.32. The van der Waals surface area contributed by atoms with E-state index in [-0.39, 0.29) is 23.5 Å². The van der Waals surface area contributed by atoms with Gasteiger partial charge in [-0.05, 0) is 56.2 Å². The third-order valence-corrected chi connectivity index (χ3v) is 4.37. The van der Waals surface area contributed by atoms with E-state index >= 15 is 0 Å². The lowest BCUT2D eigenvalue weighted by atomic mass is 9.75. The molecular weight excluding hydrogens is 315 g/mol. The zero-order valence-corrected chi connectivity index (χ0v) is 14.9. The Morgan fingerprint density at radius 3 is 2.00 bits per heavy atom. The van der Waals surface area contributed by atoms with Crippen molar-refractivity contribution in [2.45, 2.75) is 65.1 Å². The molecule has 0 spiro atoms. The first-order valence-electron chi connectivity index (χ1n) is 8.36. The minimum Gasteiger partial charge on any atom is -0.399 e. The zero-order chi connectivity index (χ0) is 18.0. The van der Waals surface area contributed by atoms with Gasteiger partial charge in [-0.3, -0.25) is 0 Å². The molecule has 4 heteroatoms. The van der Waals surface area contributed by atoms with Crippen molar-refractivity contribution in [1.29, 1.82) is 0 Å². The Hall–Kier alpha value is -0.315. The van der Waals surface area contributed by atoms with E-state index in [1.807, 2.05) is 48.5 Å². The third kappa shape index (κ3) is 2.97. The number of benzene rings is 1. The highest BCUT2D eigenvalue weighted by molar-refractivity contribution is 9.10. The van der Waals surface area contributed by atoms with Crippen molar-refractivity contribution in [3.05, 3.63) is 28.2 Å². The Labute approximate surface area is 135 Å². The summed E-state index contributed by atoms with van der Waals surface area (Å²) in [6.07, 6.45) is 0. The summed E-state index contributed by atoms with van der Waals surface area (Å²) in [7, 11) is -0.780. The molecule has 1 aliphatic rings. The average molecular weight is 342 g/mol. The molecule has 0 radical (unpaired) electrons. The van der Waals surface area contributed by atoms with E-state index in [2.05, 4.69) is 15.9 Å². The summed E-state index contributed by atoms with van der Waals surface area (Å²) in [5.41, 5.74) is -0.487. The fraction of sp³-hybridized carbons (Fsp3) is 0.625. The Bertz CT molecular complexity index is 638. The van der Waals surface area contributed by atoms with Crippen molar-refractivity contribution >= 4 is 28.5 Å². The van der Waals surface area contributed by atoms with Crippen LogP contribution in [-0.4, -0.2) is 18.3 Å². The fourth-order valence-corrected chi connectivity index (χ4v) is 2.32. The molecule has 0 atom stereocenters. The van der Waals surface area contributed by atoms with Gasteiger partial charge in [0.1, 0.15) is 0 Å². The lowest BCUT2D eigenvalue weighted by Crippen LogP contribution is -2.41. The molecule has 0 aliphatic carbocycles. The quantitative estimate of drug-likeness (QED) is 0.717. The number of rotatable bonds is 1. The molecule has 0 aromatic heterocycles. The highest BCUT2D eigenvalue weighted by atomic mass is 79.9. The molecule has 110 valence electrons. The van der Waals surface area contributed by atoms with Crippen molar-refractivity contribution in [3.8, 4) is 0 Å². The van der Waals surface area contributed by atoms with Crippen LogP contribution in [0.3, 0.4) is 0 Å². The molecule has 2 rings (SSSR count). The van der Waals surface area contributed by atoms with Gasteiger partial charge in [-0.15, -0.1) is 0 Å². The van der Waals surface area contributed by atoms with Gasteiger partial charge >= 0.3 is 7.12 Å². The Kier molecular flexibility index (Phi) is 2.98. The molecule has 0 amide bonds. The maximum absolute atomic E-state index is 8.58. The molecule has 0 bridgehead atoms. The molecule has 1 aliphatic heterocycles.